The highest BCUT2D eigenvalue weighted by atomic mass is 35.5. The van der Waals surface area contributed by atoms with Crippen LogP contribution in [-0.2, 0) is 16.0 Å². The van der Waals surface area contributed by atoms with E-state index < -0.39 is 11.8 Å². The topological polar surface area (TPSA) is 67.9 Å². The molecule has 3 rings (SSSR count). The third-order valence-electron chi connectivity index (χ3n) is 5.17. The molecule has 6 nitrogen and oxygen atoms in total. The highest BCUT2D eigenvalue weighted by Gasteiger charge is 2.35. The maximum absolute atomic E-state index is 13.3. The number of amides is 2. The lowest BCUT2D eigenvalue weighted by molar-refractivity contribution is -0.122. The van der Waals surface area contributed by atoms with E-state index in [-0.39, 0.29) is 16.8 Å². The molecule has 8 heteroatoms. The Morgan fingerprint density at radius 2 is 1.94 bits per heavy atom. The van der Waals surface area contributed by atoms with Gasteiger partial charge in [0.2, 0.25) is 0 Å². The van der Waals surface area contributed by atoms with Crippen LogP contribution in [-0.4, -0.2) is 30.1 Å². The van der Waals surface area contributed by atoms with E-state index in [1.807, 2.05) is 39.0 Å². The van der Waals surface area contributed by atoms with Crippen molar-refractivity contribution in [2.75, 3.05) is 12.0 Å². The molecule has 0 saturated carbocycles. The van der Waals surface area contributed by atoms with Gasteiger partial charge in [0.25, 0.3) is 11.8 Å². The van der Waals surface area contributed by atoms with Crippen molar-refractivity contribution in [3.63, 3.8) is 0 Å². The summed E-state index contributed by atoms with van der Waals surface area (Å²) in [5.74, 6) is -0.239. The van der Waals surface area contributed by atoms with E-state index in [1.165, 1.54) is 18.1 Å². The smallest absolute Gasteiger partial charge is 0.270 e. The number of benzene rings is 2. The number of anilines is 1. The van der Waals surface area contributed by atoms with Gasteiger partial charge in [0.1, 0.15) is 5.57 Å². The normalized spacial score (nSPS) is 16.2. The van der Waals surface area contributed by atoms with Crippen molar-refractivity contribution in [2.24, 2.45) is 0 Å². The Morgan fingerprint density at radius 3 is 2.59 bits per heavy atom. The van der Waals surface area contributed by atoms with Crippen molar-refractivity contribution in [2.45, 2.75) is 39.7 Å². The maximum Gasteiger partial charge on any atom is 0.270 e. The zero-order valence-corrected chi connectivity index (χ0v) is 20.0. The lowest BCUT2D eigenvalue weighted by atomic mass is 10.0. The minimum absolute atomic E-state index is 0.0472. The predicted octanol–water partition coefficient (Wildman–Crippen LogP) is 4.92. The van der Waals surface area contributed by atoms with Gasteiger partial charge in [-0.15, -0.1) is 0 Å². The van der Waals surface area contributed by atoms with Crippen molar-refractivity contribution in [1.29, 1.82) is 0 Å². The zero-order chi connectivity index (χ0) is 23.4. The fourth-order valence-corrected chi connectivity index (χ4v) is 3.83. The third kappa shape index (κ3) is 4.79. The molecule has 1 fully saturated rings. The Hall–Kier alpha value is -2.90. The van der Waals surface area contributed by atoms with Crippen LogP contribution in [0, 0.1) is 0 Å². The Balaban J connectivity index is 2.03. The van der Waals surface area contributed by atoms with Gasteiger partial charge >= 0.3 is 0 Å². The summed E-state index contributed by atoms with van der Waals surface area (Å²) >= 11 is 11.7. The average Bonchev–Trinajstić information content (AvgIpc) is 2.78. The van der Waals surface area contributed by atoms with Gasteiger partial charge < -0.3 is 9.47 Å². The second kappa shape index (κ2) is 10.1. The molecule has 2 aromatic rings. The zero-order valence-electron chi connectivity index (χ0n) is 18.4. The van der Waals surface area contributed by atoms with Gasteiger partial charge in [-0.3, -0.25) is 19.8 Å². The average molecular weight is 473 g/mol. The number of rotatable bonds is 7. The number of halogens is 1. The number of nitrogens with one attached hydrogen (secondary N) is 1. The van der Waals surface area contributed by atoms with E-state index in [1.54, 1.807) is 18.2 Å². The quantitative estimate of drug-likeness (QED) is 0.352. The number of thiocarbonyl (C=S) groups is 1. The van der Waals surface area contributed by atoms with Crippen LogP contribution in [0.1, 0.15) is 38.3 Å². The van der Waals surface area contributed by atoms with E-state index in [9.17, 15) is 9.59 Å². The molecule has 1 aliphatic rings. The van der Waals surface area contributed by atoms with E-state index in [2.05, 4.69) is 5.32 Å². The summed E-state index contributed by atoms with van der Waals surface area (Å²) < 4.78 is 11.3. The van der Waals surface area contributed by atoms with Crippen molar-refractivity contribution in [3.8, 4) is 11.5 Å². The van der Waals surface area contributed by atoms with Crippen LogP contribution in [0.5, 0.6) is 11.5 Å². The largest absolute Gasteiger partial charge is 0.493 e. The van der Waals surface area contributed by atoms with Crippen LogP contribution >= 0.6 is 23.8 Å². The molecule has 2 aromatic carbocycles. The van der Waals surface area contributed by atoms with Gasteiger partial charge in [-0.05, 0) is 67.4 Å². The minimum atomic E-state index is -0.569. The molecule has 1 N–H and O–H groups in total. The summed E-state index contributed by atoms with van der Waals surface area (Å²) in [6, 6.07) is 10.8. The summed E-state index contributed by atoms with van der Waals surface area (Å²) in [6.07, 6.45) is 2.93. The summed E-state index contributed by atoms with van der Waals surface area (Å²) in [7, 11) is 1.51. The van der Waals surface area contributed by atoms with Crippen molar-refractivity contribution in [1.82, 2.24) is 5.32 Å². The van der Waals surface area contributed by atoms with Crippen LogP contribution in [0.4, 0.5) is 5.69 Å². The molecule has 0 aromatic heterocycles. The van der Waals surface area contributed by atoms with Gasteiger partial charge in [0.15, 0.2) is 16.6 Å². The highest BCUT2D eigenvalue weighted by molar-refractivity contribution is 7.80. The first-order valence-electron chi connectivity index (χ1n) is 10.3. The van der Waals surface area contributed by atoms with Gasteiger partial charge in [-0.1, -0.05) is 43.6 Å². The Bertz CT molecular complexity index is 1100. The van der Waals surface area contributed by atoms with Crippen LogP contribution in [0.25, 0.3) is 6.08 Å². The second-order valence-electron chi connectivity index (χ2n) is 7.31. The molecule has 1 aliphatic heterocycles. The van der Waals surface area contributed by atoms with Gasteiger partial charge in [-0.25, -0.2) is 0 Å². The first-order chi connectivity index (χ1) is 15.3. The molecule has 2 amide bonds. The van der Waals surface area contributed by atoms with Gasteiger partial charge in [-0.2, -0.15) is 0 Å². The summed E-state index contributed by atoms with van der Waals surface area (Å²) in [6.45, 7) is 5.93. The monoisotopic (exact) mass is 472 g/mol. The molecule has 1 atom stereocenters. The third-order valence-corrected chi connectivity index (χ3v) is 5.74. The van der Waals surface area contributed by atoms with Crippen LogP contribution < -0.4 is 19.7 Å². The number of methoxy groups -OCH3 is 1. The molecular weight excluding hydrogens is 448 g/mol. The van der Waals surface area contributed by atoms with Crippen molar-refractivity contribution in [3.05, 3.63) is 58.1 Å². The first kappa shape index (κ1) is 23.8. The van der Waals surface area contributed by atoms with E-state index in [0.29, 0.717) is 34.2 Å². The number of ether oxygens (including phenoxy) is 2. The number of carbonyl (C=O) groups excluding carboxylic acids is 2. The predicted molar refractivity (Wildman–Crippen MR) is 130 cm³/mol. The lowest BCUT2D eigenvalue weighted by Gasteiger charge is -2.30. The Labute approximate surface area is 198 Å². The first-order valence-corrected chi connectivity index (χ1v) is 11.1. The highest BCUT2D eigenvalue weighted by Crippen LogP contribution is 2.38. The van der Waals surface area contributed by atoms with E-state index >= 15 is 0 Å². The van der Waals surface area contributed by atoms with Gasteiger partial charge in [0, 0.05) is 0 Å². The number of aryl methyl sites for hydroxylation is 1. The Morgan fingerprint density at radius 1 is 1.22 bits per heavy atom. The van der Waals surface area contributed by atoms with E-state index in [4.69, 9.17) is 33.3 Å². The molecule has 32 heavy (non-hydrogen) atoms. The number of carbonyl (C=O) groups is 2. The lowest BCUT2D eigenvalue weighted by Crippen LogP contribution is -2.54. The van der Waals surface area contributed by atoms with Crippen LogP contribution in [0.15, 0.2) is 42.0 Å². The standard InChI is InChI=1S/C24H25ClN2O4S/c1-5-14(3)31-21-18(25)12-15(13-20(21)30-4)11-17-22(28)26-24(32)27(23(17)29)19-10-8-7-9-16(19)6-2/h7-14H,5-6H2,1-4H3,(H,26,28,32)/b17-11+/t14-/m1/s1. The van der Waals surface area contributed by atoms with Crippen LogP contribution in [0.3, 0.4) is 0 Å². The Kier molecular flexibility index (Phi) is 7.53. The molecule has 0 spiro atoms. The molecule has 1 saturated heterocycles. The molecule has 0 unspecified atom stereocenters. The SMILES string of the molecule is CCc1ccccc1N1C(=O)/C(=C/c2cc(Cl)c(O[C@H](C)CC)c(OC)c2)C(=O)NC1=S. The minimum Gasteiger partial charge on any atom is -0.493 e. The summed E-state index contributed by atoms with van der Waals surface area (Å²) in [5.41, 5.74) is 2.05. The van der Waals surface area contributed by atoms with Crippen molar-refractivity contribution >= 4 is 52.5 Å². The molecule has 168 valence electrons. The van der Waals surface area contributed by atoms with E-state index in [0.717, 1.165) is 12.0 Å². The fourth-order valence-electron chi connectivity index (χ4n) is 3.29. The maximum atomic E-state index is 13.3. The van der Waals surface area contributed by atoms with Gasteiger partial charge in [0.05, 0.1) is 23.9 Å². The molecular formula is C24H25ClN2O4S. The summed E-state index contributed by atoms with van der Waals surface area (Å²) in [4.78, 5) is 27.3. The molecule has 1 heterocycles. The fraction of sp³-hybridized carbons (Fsp3) is 0.292. The molecule has 0 aliphatic carbocycles. The molecule has 0 bridgehead atoms. The number of nitrogens with zero attached hydrogens (tertiary/aromatic N) is 1. The molecule has 0 radical (unpaired) electrons. The second-order valence-corrected chi connectivity index (χ2v) is 8.10. The number of hydrogen-bond acceptors (Lipinski definition) is 5. The number of hydrogen-bond donors (Lipinski definition) is 1. The van der Waals surface area contributed by atoms with Crippen LogP contribution in [0.2, 0.25) is 5.02 Å². The van der Waals surface area contributed by atoms with Crippen molar-refractivity contribution < 1.29 is 19.1 Å². The summed E-state index contributed by atoms with van der Waals surface area (Å²) in [5, 5.41) is 2.98. The number of para-hydroxylation sites is 1.